The van der Waals surface area contributed by atoms with Crippen molar-refractivity contribution in [2.24, 2.45) is 0 Å². The van der Waals surface area contributed by atoms with Gasteiger partial charge in [-0.3, -0.25) is 10.00 Å². The Bertz CT molecular complexity index is 997. The van der Waals surface area contributed by atoms with Crippen LogP contribution < -0.4 is 4.90 Å². The average molecular weight is 387 g/mol. The fourth-order valence-corrected chi connectivity index (χ4v) is 4.99. The van der Waals surface area contributed by atoms with Crippen LogP contribution in [0, 0.1) is 13.8 Å². The van der Waals surface area contributed by atoms with Gasteiger partial charge < -0.3 is 4.90 Å². The van der Waals surface area contributed by atoms with Crippen LogP contribution in [0.4, 0.5) is 5.82 Å². The molecule has 1 aliphatic carbocycles. The molecule has 0 radical (unpaired) electrons. The molecule has 0 bridgehead atoms. The summed E-state index contributed by atoms with van der Waals surface area (Å²) in [6.45, 7) is 9.92. The molecular weight excluding hydrogens is 356 g/mol. The Morgan fingerprint density at radius 1 is 0.931 bits per heavy atom. The third-order valence-corrected chi connectivity index (χ3v) is 6.59. The van der Waals surface area contributed by atoms with Crippen LogP contribution in [0.15, 0.2) is 42.5 Å². The summed E-state index contributed by atoms with van der Waals surface area (Å²) in [5, 5.41) is 8.17. The molecule has 29 heavy (non-hydrogen) atoms. The third-order valence-electron chi connectivity index (χ3n) is 6.59. The van der Waals surface area contributed by atoms with E-state index in [9.17, 15) is 0 Å². The van der Waals surface area contributed by atoms with Gasteiger partial charge in [-0.2, -0.15) is 5.10 Å². The fraction of sp³-hybridized carbons (Fsp3) is 0.400. The van der Waals surface area contributed by atoms with E-state index < -0.39 is 0 Å². The van der Waals surface area contributed by atoms with Gasteiger partial charge in [0.25, 0.3) is 0 Å². The Kier molecular flexibility index (Phi) is 4.88. The van der Waals surface area contributed by atoms with Gasteiger partial charge in [-0.15, -0.1) is 0 Å². The number of aromatic nitrogens is 2. The van der Waals surface area contributed by atoms with Gasteiger partial charge >= 0.3 is 0 Å². The lowest BCUT2D eigenvalue weighted by atomic mass is 9.86. The van der Waals surface area contributed by atoms with Crippen molar-refractivity contribution in [2.75, 3.05) is 37.6 Å². The number of nitrogens with zero attached hydrogens (tertiary/aromatic N) is 3. The van der Waals surface area contributed by atoms with Gasteiger partial charge in [0.05, 0.1) is 5.69 Å². The van der Waals surface area contributed by atoms with E-state index in [1.165, 1.54) is 44.9 Å². The van der Waals surface area contributed by atoms with Gasteiger partial charge in [-0.1, -0.05) is 42.0 Å². The Morgan fingerprint density at radius 2 is 1.69 bits per heavy atom. The zero-order valence-electron chi connectivity index (χ0n) is 17.5. The number of hydrogen-bond donors (Lipinski definition) is 1. The molecule has 1 aromatic heterocycles. The minimum atomic E-state index is 1.06. The molecule has 1 fully saturated rings. The second-order valence-corrected chi connectivity index (χ2v) is 8.57. The summed E-state index contributed by atoms with van der Waals surface area (Å²) in [4.78, 5) is 5.08. The van der Waals surface area contributed by atoms with E-state index >= 15 is 0 Å². The average Bonchev–Trinajstić information content (AvgIpc) is 3.18. The second-order valence-electron chi connectivity index (χ2n) is 8.57. The number of nitrogens with one attached hydrogen (secondary N) is 1. The van der Waals surface area contributed by atoms with Crippen molar-refractivity contribution in [1.29, 1.82) is 0 Å². The Morgan fingerprint density at radius 3 is 2.48 bits per heavy atom. The van der Waals surface area contributed by atoms with Crippen molar-refractivity contribution >= 4 is 5.82 Å². The lowest BCUT2D eigenvalue weighted by molar-refractivity contribution is 0.260. The fourth-order valence-electron chi connectivity index (χ4n) is 4.99. The Hall–Kier alpha value is -2.59. The SMILES string of the molecule is Cc1cc(C)c2c(c1)-c1[nH]nc(N3CCN(CCc4ccccc4)CC3)c1CC2. The number of aryl methyl sites for hydroxylation is 2. The maximum Gasteiger partial charge on any atom is 0.154 e. The lowest BCUT2D eigenvalue weighted by Crippen LogP contribution is -2.47. The van der Waals surface area contributed by atoms with Crippen LogP contribution in [0.5, 0.6) is 0 Å². The lowest BCUT2D eigenvalue weighted by Gasteiger charge is -2.35. The zero-order valence-corrected chi connectivity index (χ0v) is 17.5. The molecule has 4 nitrogen and oxygen atoms in total. The number of hydrogen-bond acceptors (Lipinski definition) is 3. The molecule has 2 heterocycles. The first-order valence-electron chi connectivity index (χ1n) is 10.9. The van der Waals surface area contributed by atoms with Crippen LogP contribution in [0.1, 0.15) is 27.8 Å². The molecule has 1 N–H and O–H groups in total. The quantitative estimate of drug-likeness (QED) is 0.731. The van der Waals surface area contributed by atoms with Crippen LogP contribution in [-0.4, -0.2) is 47.8 Å². The van der Waals surface area contributed by atoms with E-state index in [2.05, 4.69) is 71.2 Å². The number of rotatable bonds is 4. The van der Waals surface area contributed by atoms with E-state index in [1.54, 1.807) is 0 Å². The first kappa shape index (κ1) is 18.4. The van der Waals surface area contributed by atoms with Gasteiger partial charge in [-0.05, 0) is 55.9 Å². The Balaban J connectivity index is 1.27. The first-order chi connectivity index (χ1) is 14.2. The summed E-state index contributed by atoms with van der Waals surface area (Å²) in [7, 11) is 0. The predicted molar refractivity (Wildman–Crippen MR) is 120 cm³/mol. The predicted octanol–water partition coefficient (Wildman–Crippen LogP) is 4.16. The van der Waals surface area contributed by atoms with Gasteiger partial charge in [0.2, 0.25) is 0 Å². The smallest absolute Gasteiger partial charge is 0.154 e. The molecular formula is C25H30N4. The number of benzene rings is 2. The van der Waals surface area contributed by atoms with E-state index in [-0.39, 0.29) is 0 Å². The molecule has 4 heteroatoms. The molecule has 3 aromatic rings. The van der Waals surface area contributed by atoms with Crippen LogP contribution in [0.25, 0.3) is 11.3 Å². The molecule has 0 saturated carbocycles. The normalized spacial score (nSPS) is 16.6. The van der Waals surface area contributed by atoms with Crippen molar-refractivity contribution in [1.82, 2.24) is 15.1 Å². The van der Waals surface area contributed by atoms with Crippen LogP contribution in [0.2, 0.25) is 0 Å². The molecule has 1 saturated heterocycles. The van der Waals surface area contributed by atoms with Gasteiger partial charge in [-0.25, -0.2) is 0 Å². The summed E-state index contributed by atoms with van der Waals surface area (Å²) >= 11 is 0. The molecule has 5 rings (SSSR count). The molecule has 1 aliphatic heterocycles. The van der Waals surface area contributed by atoms with Crippen molar-refractivity contribution in [3.63, 3.8) is 0 Å². The van der Waals surface area contributed by atoms with Gasteiger partial charge in [0.15, 0.2) is 5.82 Å². The Labute approximate surface area is 173 Å². The van der Waals surface area contributed by atoms with Crippen LogP contribution in [-0.2, 0) is 19.3 Å². The monoisotopic (exact) mass is 386 g/mol. The van der Waals surface area contributed by atoms with Gasteiger partial charge in [0.1, 0.15) is 0 Å². The highest BCUT2D eigenvalue weighted by atomic mass is 15.3. The second kappa shape index (κ2) is 7.68. The third kappa shape index (κ3) is 3.58. The van der Waals surface area contributed by atoms with E-state index in [0.717, 1.165) is 52.0 Å². The minimum absolute atomic E-state index is 1.06. The number of H-pyrrole nitrogens is 1. The van der Waals surface area contributed by atoms with Crippen LogP contribution in [0.3, 0.4) is 0 Å². The van der Waals surface area contributed by atoms with Crippen molar-refractivity contribution in [2.45, 2.75) is 33.1 Å². The van der Waals surface area contributed by atoms with Crippen LogP contribution >= 0.6 is 0 Å². The van der Waals surface area contributed by atoms with E-state index in [4.69, 9.17) is 5.10 Å². The summed E-state index contributed by atoms with van der Waals surface area (Å²) < 4.78 is 0. The number of anilines is 1. The van der Waals surface area contributed by atoms with Crippen molar-refractivity contribution in [3.8, 4) is 11.3 Å². The molecule has 150 valence electrons. The molecule has 0 amide bonds. The molecule has 0 atom stereocenters. The number of piperazine rings is 1. The minimum Gasteiger partial charge on any atom is -0.352 e. The highest BCUT2D eigenvalue weighted by Crippen LogP contribution is 2.38. The highest BCUT2D eigenvalue weighted by molar-refractivity contribution is 5.76. The summed E-state index contributed by atoms with van der Waals surface area (Å²) in [5.41, 5.74) is 9.69. The number of fused-ring (bicyclic) bond motifs is 3. The number of aromatic amines is 1. The van der Waals surface area contributed by atoms with E-state index in [1.807, 2.05) is 0 Å². The molecule has 2 aliphatic rings. The molecule has 0 spiro atoms. The topological polar surface area (TPSA) is 35.2 Å². The maximum atomic E-state index is 4.78. The summed E-state index contributed by atoms with van der Waals surface area (Å²) in [6, 6.07) is 15.4. The summed E-state index contributed by atoms with van der Waals surface area (Å²) in [6.07, 6.45) is 3.35. The maximum absolute atomic E-state index is 4.78. The van der Waals surface area contributed by atoms with E-state index in [0.29, 0.717) is 0 Å². The highest BCUT2D eigenvalue weighted by Gasteiger charge is 2.27. The van der Waals surface area contributed by atoms with Crippen molar-refractivity contribution in [3.05, 3.63) is 70.3 Å². The zero-order chi connectivity index (χ0) is 19.8. The largest absolute Gasteiger partial charge is 0.352 e. The van der Waals surface area contributed by atoms with Crippen molar-refractivity contribution < 1.29 is 0 Å². The molecule has 2 aromatic carbocycles. The standard InChI is InChI=1S/C25H30N4/c1-18-16-19(2)21-8-9-22-24(23(21)17-18)26-27-25(22)29-14-12-28(13-15-29)11-10-20-6-4-3-5-7-20/h3-7,16-17H,8-15H2,1-2H3,(H,26,27). The molecule has 0 unspecified atom stereocenters. The first-order valence-corrected chi connectivity index (χ1v) is 10.9. The van der Waals surface area contributed by atoms with Gasteiger partial charge in [0, 0.05) is 43.9 Å². The summed E-state index contributed by atoms with van der Waals surface area (Å²) in [5.74, 6) is 1.19.